The molecule has 2 aromatic carbocycles. The van der Waals surface area contributed by atoms with Gasteiger partial charge >= 0.3 is 6.03 Å². The second-order valence-electron chi connectivity index (χ2n) is 8.47. The third-order valence-electron chi connectivity index (χ3n) is 6.31. The lowest BCUT2D eigenvalue weighted by Crippen LogP contribution is -2.47. The Labute approximate surface area is 205 Å². The number of halogens is 3. The Morgan fingerprint density at radius 2 is 1.88 bits per heavy atom. The molecule has 170 valence electrons. The minimum absolute atomic E-state index is 0.0906. The first kappa shape index (κ1) is 23.4. The second kappa shape index (κ2) is 10.9. The van der Waals surface area contributed by atoms with Crippen molar-refractivity contribution >= 4 is 52.1 Å². The molecule has 0 saturated carbocycles. The average Bonchev–Trinajstić information content (AvgIpc) is 3.30. The lowest BCUT2D eigenvalue weighted by molar-refractivity contribution is 0.170. The Morgan fingerprint density at radius 1 is 1.06 bits per heavy atom. The van der Waals surface area contributed by atoms with Gasteiger partial charge in [0.1, 0.15) is 0 Å². The van der Waals surface area contributed by atoms with E-state index in [1.165, 1.54) is 24.0 Å². The van der Waals surface area contributed by atoms with Crippen LogP contribution in [0.15, 0.2) is 48.5 Å². The molecule has 2 aromatic rings. The fourth-order valence-corrected chi connectivity index (χ4v) is 5.02. The summed E-state index contributed by atoms with van der Waals surface area (Å²) in [7, 11) is 0. The van der Waals surface area contributed by atoms with E-state index in [-0.39, 0.29) is 12.1 Å². The Hall–Kier alpha value is -1.72. The van der Waals surface area contributed by atoms with Crippen molar-refractivity contribution in [2.75, 3.05) is 31.5 Å². The zero-order valence-electron chi connectivity index (χ0n) is 18.0. The summed E-state index contributed by atoms with van der Waals surface area (Å²) in [5.41, 5.74) is 3.12. The van der Waals surface area contributed by atoms with Crippen LogP contribution in [0.3, 0.4) is 0 Å². The fraction of sp³-hybridized carbons (Fsp3) is 0.400. The summed E-state index contributed by atoms with van der Waals surface area (Å²) < 4.78 is 0. The second-order valence-corrected chi connectivity index (χ2v) is 9.72. The van der Waals surface area contributed by atoms with Crippen molar-refractivity contribution in [2.45, 2.75) is 38.1 Å². The van der Waals surface area contributed by atoms with E-state index in [4.69, 9.17) is 34.8 Å². The third kappa shape index (κ3) is 5.99. The largest absolute Gasteiger partial charge is 0.322 e. The molecule has 4 nitrogen and oxygen atoms in total. The monoisotopic (exact) mass is 491 g/mol. The number of allylic oxidation sites excluding steroid dienone is 1. The lowest BCUT2D eigenvalue weighted by Gasteiger charge is -2.35. The van der Waals surface area contributed by atoms with Crippen molar-refractivity contribution in [3.05, 3.63) is 69.2 Å². The van der Waals surface area contributed by atoms with Gasteiger partial charge in [0, 0.05) is 29.8 Å². The Kier molecular flexibility index (Phi) is 8.01. The van der Waals surface area contributed by atoms with Gasteiger partial charge in [0.05, 0.1) is 10.0 Å². The highest BCUT2D eigenvalue weighted by atomic mass is 35.5. The van der Waals surface area contributed by atoms with Gasteiger partial charge < -0.3 is 15.1 Å². The molecule has 1 aliphatic heterocycles. The number of nitrogens with one attached hydrogen (secondary N) is 1. The van der Waals surface area contributed by atoms with Gasteiger partial charge in [-0.25, -0.2) is 4.79 Å². The fourth-order valence-electron chi connectivity index (χ4n) is 4.53. The molecule has 1 atom stereocenters. The minimum atomic E-state index is -0.0906. The van der Waals surface area contributed by atoms with E-state index >= 15 is 0 Å². The van der Waals surface area contributed by atoms with E-state index < -0.39 is 0 Å². The van der Waals surface area contributed by atoms with Gasteiger partial charge in [-0.2, -0.15) is 0 Å². The summed E-state index contributed by atoms with van der Waals surface area (Å²) in [5.74, 6) is 0. The van der Waals surface area contributed by atoms with E-state index in [1.807, 2.05) is 23.1 Å². The van der Waals surface area contributed by atoms with Crippen LogP contribution in [-0.4, -0.2) is 48.1 Å². The summed E-state index contributed by atoms with van der Waals surface area (Å²) in [6, 6.07) is 13.2. The Balaban J connectivity index is 1.47. The van der Waals surface area contributed by atoms with Crippen molar-refractivity contribution in [1.29, 1.82) is 0 Å². The number of rotatable bonds is 6. The summed E-state index contributed by atoms with van der Waals surface area (Å²) in [5, 5.41) is 4.67. The molecule has 0 spiro atoms. The number of likely N-dealkylation sites (tertiary alicyclic amines) is 1. The molecule has 1 heterocycles. The van der Waals surface area contributed by atoms with E-state index in [1.54, 1.807) is 18.2 Å². The highest BCUT2D eigenvalue weighted by Gasteiger charge is 2.27. The molecule has 1 unspecified atom stereocenters. The number of hydrogen-bond donors (Lipinski definition) is 1. The Bertz CT molecular complexity index is 988. The molecule has 1 fully saturated rings. The van der Waals surface area contributed by atoms with Crippen LogP contribution in [0.4, 0.5) is 10.5 Å². The number of hydrogen-bond acceptors (Lipinski definition) is 2. The molecular weight excluding hydrogens is 465 g/mol. The third-order valence-corrected chi connectivity index (χ3v) is 7.28. The number of benzene rings is 2. The van der Waals surface area contributed by atoms with Crippen LogP contribution in [0.2, 0.25) is 15.1 Å². The summed E-state index contributed by atoms with van der Waals surface area (Å²) in [4.78, 5) is 17.7. The quantitative estimate of drug-likeness (QED) is 0.462. The van der Waals surface area contributed by atoms with Gasteiger partial charge in [-0.15, -0.1) is 0 Å². The van der Waals surface area contributed by atoms with Crippen molar-refractivity contribution in [3.63, 3.8) is 0 Å². The van der Waals surface area contributed by atoms with Crippen LogP contribution >= 0.6 is 34.8 Å². The molecule has 7 heteroatoms. The van der Waals surface area contributed by atoms with Gasteiger partial charge in [-0.05, 0) is 86.7 Å². The molecule has 2 aliphatic rings. The number of carbonyl (C=O) groups excluding carboxylic acids is 1. The van der Waals surface area contributed by atoms with Crippen LogP contribution in [-0.2, 0) is 0 Å². The van der Waals surface area contributed by atoms with Crippen LogP contribution in [0.5, 0.6) is 0 Å². The SMILES string of the molecule is O=C(Nc1ccc(Cl)c(Cl)c1)N(CCN1CCCC1)C1CC=C(c2cccc(Cl)c2)CC1. The van der Waals surface area contributed by atoms with E-state index in [9.17, 15) is 4.79 Å². The highest BCUT2D eigenvalue weighted by molar-refractivity contribution is 6.42. The van der Waals surface area contributed by atoms with Crippen LogP contribution in [0.25, 0.3) is 5.57 Å². The first-order valence-electron chi connectivity index (χ1n) is 11.2. The molecule has 0 radical (unpaired) electrons. The zero-order chi connectivity index (χ0) is 22.5. The van der Waals surface area contributed by atoms with E-state index in [0.29, 0.717) is 22.3 Å². The minimum Gasteiger partial charge on any atom is -0.320 e. The van der Waals surface area contributed by atoms with Crippen molar-refractivity contribution in [3.8, 4) is 0 Å². The lowest BCUT2D eigenvalue weighted by atomic mass is 9.90. The maximum atomic E-state index is 13.3. The van der Waals surface area contributed by atoms with Crippen molar-refractivity contribution in [2.24, 2.45) is 0 Å². The molecule has 0 aromatic heterocycles. The van der Waals surface area contributed by atoms with E-state index in [2.05, 4.69) is 22.4 Å². The molecule has 2 amide bonds. The molecule has 1 saturated heterocycles. The molecule has 1 N–H and O–H groups in total. The van der Waals surface area contributed by atoms with E-state index in [0.717, 1.165) is 43.9 Å². The maximum absolute atomic E-state index is 13.3. The van der Waals surface area contributed by atoms with Gasteiger partial charge in [-0.1, -0.05) is 53.0 Å². The molecule has 32 heavy (non-hydrogen) atoms. The number of nitrogens with zero attached hydrogens (tertiary/aromatic N) is 2. The standard InChI is InChI=1S/C25H28Cl3N3O/c26-20-5-3-4-19(16-20)18-6-9-22(10-7-18)31(15-14-30-12-1-2-13-30)25(32)29-21-8-11-23(27)24(28)17-21/h3-6,8,11,16-17,22H,1-2,7,9-10,12-15H2,(H,29,32). The molecule has 0 bridgehead atoms. The summed E-state index contributed by atoms with van der Waals surface area (Å²) in [6.45, 7) is 3.84. The summed E-state index contributed by atoms with van der Waals surface area (Å²) >= 11 is 18.3. The van der Waals surface area contributed by atoms with Gasteiger partial charge in [-0.3, -0.25) is 0 Å². The van der Waals surface area contributed by atoms with Gasteiger partial charge in [0.15, 0.2) is 0 Å². The van der Waals surface area contributed by atoms with Gasteiger partial charge in [0.2, 0.25) is 0 Å². The molecule has 4 rings (SSSR count). The number of amides is 2. The smallest absolute Gasteiger partial charge is 0.320 e. The maximum Gasteiger partial charge on any atom is 0.322 e. The van der Waals surface area contributed by atoms with Crippen LogP contribution in [0.1, 0.15) is 37.7 Å². The average molecular weight is 493 g/mol. The van der Waals surface area contributed by atoms with Crippen LogP contribution < -0.4 is 5.32 Å². The normalized spacial score (nSPS) is 19.0. The first-order chi connectivity index (χ1) is 15.5. The van der Waals surface area contributed by atoms with Gasteiger partial charge in [0.25, 0.3) is 0 Å². The number of carbonyl (C=O) groups is 1. The predicted molar refractivity (Wildman–Crippen MR) is 135 cm³/mol. The first-order valence-corrected chi connectivity index (χ1v) is 12.3. The van der Waals surface area contributed by atoms with Crippen LogP contribution in [0, 0.1) is 0 Å². The number of urea groups is 1. The Morgan fingerprint density at radius 3 is 2.56 bits per heavy atom. The van der Waals surface area contributed by atoms with Crippen molar-refractivity contribution < 1.29 is 4.79 Å². The molecule has 1 aliphatic carbocycles. The highest BCUT2D eigenvalue weighted by Crippen LogP contribution is 2.31. The summed E-state index contributed by atoms with van der Waals surface area (Å²) in [6.07, 6.45) is 7.42. The number of anilines is 1. The predicted octanol–water partition coefficient (Wildman–Crippen LogP) is 7.21. The zero-order valence-corrected chi connectivity index (χ0v) is 20.3. The molecular formula is C25H28Cl3N3O. The topological polar surface area (TPSA) is 35.6 Å². The van der Waals surface area contributed by atoms with Crippen molar-refractivity contribution in [1.82, 2.24) is 9.80 Å².